The van der Waals surface area contributed by atoms with Crippen LogP contribution in [0.2, 0.25) is 0 Å². The van der Waals surface area contributed by atoms with E-state index in [0.29, 0.717) is 6.54 Å². The lowest BCUT2D eigenvalue weighted by atomic mass is 10.1. The largest absolute Gasteiger partial charge is 0.496 e. The first kappa shape index (κ1) is 14.4. The Kier molecular flexibility index (Phi) is 5.49. The Hall–Kier alpha value is -1.71. The van der Waals surface area contributed by atoms with E-state index in [4.69, 9.17) is 4.74 Å². The Bertz CT molecular complexity index is 403. The number of benzene rings is 1. The first-order valence-electron chi connectivity index (χ1n) is 6.21. The van der Waals surface area contributed by atoms with Crippen molar-refractivity contribution in [1.82, 2.24) is 10.6 Å². The van der Waals surface area contributed by atoms with Crippen LogP contribution in [0, 0.1) is 6.92 Å². The number of urea groups is 1. The van der Waals surface area contributed by atoms with Crippen molar-refractivity contribution >= 4 is 6.03 Å². The van der Waals surface area contributed by atoms with Crippen LogP contribution in [-0.4, -0.2) is 25.7 Å². The molecule has 4 nitrogen and oxygen atoms in total. The van der Waals surface area contributed by atoms with Crippen molar-refractivity contribution in [3.8, 4) is 5.75 Å². The summed E-state index contributed by atoms with van der Waals surface area (Å²) in [5.74, 6) is 0.867. The molecule has 0 unspecified atom stereocenters. The van der Waals surface area contributed by atoms with Gasteiger partial charge in [-0.05, 0) is 38.8 Å². The van der Waals surface area contributed by atoms with Crippen molar-refractivity contribution in [2.24, 2.45) is 0 Å². The van der Waals surface area contributed by atoms with Gasteiger partial charge in [-0.1, -0.05) is 17.7 Å². The first-order valence-corrected chi connectivity index (χ1v) is 6.21. The van der Waals surface area contributed by atoms with Gasteiger partial charge in [-0.15, -0.1) is 0 Å². The van der Waals surface area contributed by atoms with Crippen LogP contribution in [0.15, 0.2) is 18.2 Å². The fourth-order valence-electron chi connectivity index (χ4n) is 1.73. The lowest BCUT2D eigenvalue weighted by Crippen LogP contribution is -2.40. The summed E-state index contributed by atoms with van der Waals surface area (Å²) in [6.07, 6.45) is 0.760. The molecule has 0 spiro atoms. The molecule has 0 heterocycles. The molecule has 2 N–H and O–H groups in total. The van der Waals surface area contributed by atoms with E-state index in [1.807, 2.05) is 32.9 Å². The Morgan fingerprint density at radius 2 is 2.11 bits per heavy atom. The zero-order chi connectivity index (χ0) is 13.5. The van der Waals surface area contributed by atoms with Crippen LogP contribution in [0.5, 0.6) is 5.75 Å². The molecule has 1 aromatic carbocycles. The van der Waals surface area contributed by atoms with E-state index < -0.39 is 0 Å². The number of carbonyl (C=O) groups excluding carboxylic acids is 1. The molecule has 1 aromatic rings. The van der Waals surface area contributed by atoms with Crippen LogP contribution < -0.4 is 15.4 Å². The maximum Gasteiger partial charge on any atom is 0.314 e. The van der Waals surface area contributed by atoms with E-state index in [0.717, 1.165) is 17.7 Å². The van der Waals surface area contributed by atoms with Gasteiger partial charge >= 0.3 is 6.03 Å². The minimum absolute atomic E-state index is 0.128. The number of amides is 2. The molecule has 0 bridgehead atoms. The number of methoxy groups -OCH3 is 1. The van der Waals surface area contributed by atoms with Crippen molar-refractivity contribution in [2.75, 3.05) is 13.7 Å². The Labute approximate surface area is 109 Å². The van der Waals surface area contributed by atoms with Crippen LogP contribution in [0.3, 0.4) is 0 Å². The molecule has 0 aliphatic carbocycles. The zero-order valence-corrected chi connectivity index (χ0v) is 11.5. The van der Waals surface area contributed by atoms with Gasteiger partial charge in [0, 0.05) is 12.6 Å². The van der Waals surface area contributed by atoms with E-state index in [1.54, 1.807) is 7.11 Å². The molecule has 2 amide bonds. The molecule has 0 atom stereocenters. The molecule has 0 saturated carbocycles. The number of rotatable bonds is 5. The van der Waals surface area contributed by atoms with E-state index in [9.17, 15) is 4.79 Å². The minimum Gasteiger partial charge on any atom is -0.496 e. The zero-order valence-electron chi connectivity index (χ0n) is 11.5. The summed E-state index contributed by atoms with van der Waals surface area (Å²) >= 11 is 0. The summed E-state index contributed by atoms with van der Waals surface area (Å²) in [6, 6.07) is 6.08. The molecule has 100 valence electrons. The molecule has 0 fully saturated rings. The van der Waals surface area contributed by atoms with Crippen molar-refractivity contribution in [2.45, 2.75) is 33.2 Å². The van der Waals surface area contributed by atoms with Crippen molar-refractivity contribution in [3.63, 3.8) is 0 Å². The summed E-state index contributed by atoms with van der Waals surface area (Å²) in [6.45, 7) is 6.51. The first-order chi connectivity index (χ1) is 8.52. The monoisotopic (exact) mass is 250 g/mol. The molecular weight excluding hydrogens is 228 g/mol. The fraction of sp³-hybridized carbons (Fsp3) is 0.500. The summed E-state index contributed by atoms with van der Waals surface area (Å²) in [7, 11) is 1.66. The number of carbonyl (C=O) groups is 1. The van der Waals surface area contributed by atoms with Gasteiger partial charge in [0.25, 0.3) is 0 Å². The highest BCUT2D eigenvalue weighted by atomic mass is 16.5. The maximum atomic E-state index is 11.4. The van der Waals surface area contributed by atoms with E-state index in [-0.39, 0.29) is 12.1 Å². The lowest BCUT2D eigenvalue weighted by Gasteiger charge is -2.12. The molecular formula is C14H22N2O2. The van der Waals surface area contributed by atoms with Crippen molar-refractivity contribution in [1.29, 1.82) is 0 Å². The van der Waals surface area contributed by atoms with Gasteiger partial charge in [-0.25, -0.2) is 4.79 Å². The standard InChI is InChI=1S/C14H22N2O2/c1-10(2)16-14(17)15-8-7-12-9-11(3)5-6-13(12)18-4/h5-6,9-10H,7-8H2,1-4H3,(H2,15,16,17). The molecule has 0 aromatic heterocycles. The topological polar surface area (TPSA) is 50.4 Å². The van der Waals surface area contributed by atoms with Crippen LogP contribution in [0.1, 0.15) is 25.0 Å². The number of hydrogen-bond acceptors (Lipinski definition) is 2. The van der Waals surface area contributed by atoms with Crippen LogP contribution >= 0.6 is 0 Å². The van der Waals surface area contributed by atoms with Gasteiger partial charge in [0.15, 0.2) is 0 Å². The van der Waals surface area contributed by atoms with Crippen LogP contribution in [0.25, 0.3) is 0 Å². The highest BCUT2D eigenvalue weighted by Crippen LogP contribution is 2.19. The predicted octanol–water partition coefficient (Wildman–Crippen LogP) is 2.25. The summed E-state index contributed by atoms with van der Waals surface area (Å²) in [5.41, 5.74) is 2.31. The highest BCUT2D eigenvalue weighted by molar-refractivity contribution is 5.74. The second-order valence-corrected chi connectivity index (χ2v) is 4.62. The number of ether oxygens (including phenoxy) is 1. The van der Waals surface area contributed by atoms with Crippen LogP contribution in [0.4, 0.5) is 4.79 Å². The molecule has 0 aliphatic rings. The van der Waals surface area contributed by atoms with Crippen molar-refractivity contribution < 1.29 is 9.53 Å². The normalized spacial score (nSPS) is 10.3. The van der Waals surface area contributed by atoms with E-state index in [2.05, 4.69) is 16.7 Å². The third kappa shape index (κ3) is 4.65. The van der Waals surface area contributed by atoms with Gasteiger partial charge in [-0.3, -0.25) is 0 Å². The average Bonchev–Trinajstić information content (AvgIpc) is 2.28. The molecule has 1 rings (SSSR count). The molecule has 18 heavy (non-hydrogen) atoms. The van der Waals surface area contributed by atoms with Gasteiger partial charge < -0.3 is 15.4 Å². The van der Waals surface area contributed by atoms with E-state index in [1.165, 1.54) is 5.56 Å². The Morgan fingerprint density at radius 1 is 1.39 bits per heavy atom. The molecule has 0 radical (unpaired) electrons. The molecule has 0 aliphatic heterocycles. The fourth-order valence-corrected chi connectivity index (χ4v) is 1.73. The second-order valence-electron chi connectivity index (χ2n) is 4.62. The molecule has 0 saturated heterocycles. The average molecular weight is 250 g/mol. The quantitative estimate of drug-likeness (QED) is 0.842. The second kappa shape index (κ2) is 6.89. The maximum absolute atomic E-state index is 11.4. The number of hydrogen-bond donors (Lipinski definition) is 2. The summed E-state index contributed by atoms with van der Waals surface area (Å²) in [5, 5.41) is 5.62. The van der Waals surface area contributed by atoms with E-state index >= 15 is 0 Å². The third-order valence-electron chi connectivity index (χ3n) is 2.54. The summed E-state index contributed by atoms with van der Waals surface area (Å²) in [4.78, 5) is 11.4. The van der Waals surface area contributed by atoms with Crippen molar-refractivity contribution in [3.05, 3.63) is 29.3 Å². The summed E-state index contributed by atoms with van der Waals surface area (Å²) < 4.78 is 5.29. The predicted molar refractivity (Wildman–Crippen MR) is 73.1 cm³/mol. The Morgan fingerprint density at radius 3 is 2.72 bits per heavy atom. The van der Waals surface area contributed by atoms with Gasteiger partial charge in [0.1, 0.15) is 5.75 Å². The van der Waals surface area contributed by atoms with Gasteiger partial charge in [0.2, 0.25) is 0 Å². The SMILES string of the molecule is COc1ccc(C)cc1CCNC(=O)NC(C)C. The Balaban J connectivity index is 2.48. The number of nitrogens with one attached hydrogen (secondary N) is 2. The number of aryl methyl sites for hydroxylation is 1. The smallest absolute Gasteiger partial charge is 0.314 e. The highest BCUT2D eigenvalue weighted by Gasteiger charge is 2.05. The third-order valence-corrected chi connectivity index (χ3v) is 2.54. The molecule has 4 heteroatoms. The van der Waals surface area contributed by atoms with Crippen LogP contribution in [-0.2, 0) is 6.42 Å². The van der Waals surface area contributed by atoms with Gasteiger partial charge in [-0.2, -0.15) is 0 Å². The minimum atomic E-state index is -0.128. The lowest BCUT2D eigenvalue weighted by molar-refractivity contribution is 0.238. The van der Waals surface area contributed by atoms with Gasteiger partial charge in [0.05, 0.1) is 7.11 Å².